The summed E-state index contributed by atoms with van der Waals surface area (Å²) in [6.07, 6.45) is 0.434. The highest BCUT2D eigenvalue weighted by atomic mass is 32.2. The van der Waals surface area contributed by atoms with Crippen molar-refractivity contribution in [3.63, 3.8) is 0 Å². The molecule has 0 aromatic heterocycles. The molecule has 1 atom stereocenters. The van der Waals surface area contributed by atoms with Crippen molar-refractivity contribution in [1.29, 1.82) is 0 Å². The van der Waals surface area contributed by atoms with Gasteiger partial charge in [0.15, 0.2) is 16.4 Å². The van der Waals surface area contributed by atoms with Gasteiger partial charge >= 0.3 is 0 Å². The minimum Gasteiger partial charge on any atom is -0.483 e. The summed E-state index contributed by atoms with van der Waals surface area (Å²) in [6.45, 7) is 0.113. The number of nitrogens with zero attached hydrogens (tertiary/aromatic N) is 1. The van der Waals surface area contributed by atoms with Gasteiger partial charge in [-0.1, -0.05) is 42.5 Å². The largest absolute Gasteiger partial charge is 0.483 e. The van der Waals surface area contributed by atoms with E-state index in [1.807, 2.05) is 30.3 Å². The Hall–Kier alpha value is -2.87. The van der Waals surface area contributed by atoms with E-state index in [1.54, 1.807) is 31.3 Å². The molecule has 0 aliphatic carbocycles. The van der Waals surface area contributed by atoms with Crippen LogP contribution in [0.15, 0.2) is 54.6 Å². The Bertz CT molecular complexity index is 976. The van der Waals surface area contributed by atoms with E-state index in [0.29, 0.717) is 24.3 Å². The fourth-order valence-corrected chi connectivity index (χ4v) is 4.95. The number of benzene rings is 2. The van der Waals surface area contributed by atoms with Gasteiger partial charge in [0.05, 0.1) is 17.1 Å². The van der Waals surface area contributed by atoms with E-state index in [1.165, 1.54) is 4.90 Å². The van der Waals surface area contributed by atoms with Gasteiger partial charge in [-0.3, -0.25) is 9.59 Å². The van der Waals surface area contributed by atoms with E-state index >= 15 is 0 Å². The van der Waals surface area contributed by atoms with Gasteiger partial charge in [-0.2, -0.15) is 0 Å². The number of para-hydroxylation sites is 1. The zero-order valence-electron chi connectivity index (χ0n) is 16.2. The van der Waals surface area contributed by atoms with E-state index in [-0.39, 0.29) is 36.0 Å². The van der Waals surface area contributed by atoms with E-state index < -0.39 is 9.84 Å². The third-order valence-electron chi connectivity index (χ3n) is 4.93. The molecule has 0 unspecified atom stereocenters. The fourth-order valence-electron chi connectivity index (χ4n) is 3.18. The summed E-state index contributed by atoms with van der Waals surface area (Å²) >= 11 is 0. The van der Waals surface area contributed by atoms with Crippen LogP contribution in [0, 0.1) is 0 Å². The number of hydrogen-bond acceptors (Lipinski definition) is 5. The Morgan fingerprint density at radius 1 is 1.10 bits per heavy atom. The highest BCUT2D eigenvalue weighted by Gasteiger charge is 2.32. The molecule has 29 heavy (non-hydrogen) atoms. The number of carbonyl (C=O) groups is 2. The lowest BCUT2D eigenvalue weighted by atomic mass is 10.1. The molecular weight excluding hydrogens is 392 g/mol. The van der Waals surface area contributed by atoms with Crippen LogP contribution in [0.25, 0.3) is 0 Å². The molecule has 0 bridgehead atoms. The number of amides is 2. The van der Waals surface area contributed by atoms with E-state index in [2.05, 4.69) is 5.32 Å². The Morgan fingerprint density at radius 3 is 2.48 bits per heavy atom. The Balaban J connectivity index is 1.58. The highest BCUT2D eigenvalue weighted by Crippen LogP contribution is 2.20. The molecule has 8 heteroatoms. The van der Waals surface area contributed by atoms with E-state index in [0.717, 1.165) is 5.56 Å². The van der Waals surface area contributed by atoms with Gasteiger partial charge in [0, 0.05) is 19.6 Å². The molecule has 2 aromatic rings. The Kier molecular flexibility index (Phi) is 6.53. The summed E-state index contributed by atoms with van der Waals surface area (Å²) in [6, 6.07) is 15.9. The normalized spacial score (nSPS) is 17.5. The molecule has 0 saturated carbocycles. The molecule has 154 valence electrons. The lowest BCUT2D eigenvalue weighted by Crippen LogP contribution is -2.40. The minimum atomic E-state index is -3.08. The maximum absolute atomic E-state index is 12.5. The number of hydrogen-bond donors (Lipinski definition) is 1. The summed E-state index contributed by atoms with van der Waals surface area (Å²) < 4.78 is 28.8. The van der Waals surface area contributed by atoms with Crippen molar-refractivity contribution in [1.82, 2.24) is 10.2 Å². The molecule has 1 aliphatic heterocycles. The molecule has 3 rings (SSSR count). The van der Waals surface area contributed by atoms with Crippen LogP contribution < -0.4 is 10.1 Å². The summed E-state index contributed by atoms with van der Waals surface area (Å²) in [5, 5.41) is 2.84. The number of carbonyl (C=O) groups excluding carboxylic acids is 2. The highest BCUT2D eigenvalue weighted by molar-refractivity contribution is 7.91. The molecule has 2 amide bonds. The van der Waals surface area contributed by atoms with Crippen molar-refractivity contribution < 1.29 is 22.7 Å². The zero-order chi connectivity index (χ0) is 20.9. The van der Waals surface area contributed by atoms with Gasteiger partial charge in [-0.25, -0.2) is 8.42 Å². The number of likely N-dealkylation sites (N-methyl/N-ethyl adjacent to an activating group) is 1. The molecule has 2 aromatic carbocycles. The third kappa shape index (κ3) is 5.57. The van der Waals surface area contributed by atoms with Crippen LogP contribution in [0.2, 0.25) is 0 Å². The van der Waals surface area contributed by atoms with Gasteiger partial charge in [-0.15, -0.1) is 0 Å². The summed E-state index contributed by atoms with van der Waals surface area (Å²) in [5.41, 5.74) is 1.31. The van der Waals surface area contributed by atoms with E-state index in [4.69, 9.17) is 4.74 Å². The third-order valence-corrected chi connectivity index (χ3v) is 6.68. The second-order valence-electron chi connectivity index (χ2n) is 7.01. The van der Waals surface area contributed by atoms with Gasteiger partial charge in [0.25, 0.3) is 11.8 Å². The van der Waals surface area contributed by atoms with Crippen molar-refractivity contribution >= 4 is 21.7 Å². The molecule has 1 saturated heterocycles. The first-order valence-electron chi connectivity index (χ1n) is 9.36. The molecule has 1 N–H and O–H groups in total. The summed E-state index contributed by atoms with van der Waals surface area (Å²) in [4.78, 5) is 26.4. The molecule has 1 heterocycles. The zero-order valence-corrected chi connectivity index (χ0v) is 17.0. The average Bonchev–Trinajstić information content (AvgIpc) is 3.10. The molecule has 0 radical (unpaired) electrons. The van der Waals surface area contributed by atoms with Gasteiger partial charge in [-0.05, 0) is 24.1 Å². The SMILES string of the molecule is CN(C(=O)COc1ccccc1C(=O)NCc1ccccc1)[C@H]1CCS(=O)(=O)C1. The standard InChI is InChI=1S/C21H24N2O5S/c1-23(17-11-12-29(26,27)15-17)20(24)14-28-19-10-6-5-9-18(19)21(25)22-13-16-7-3-2-4-8-16/h2-10,17H,11-15H2,1H3,(H,22,25)/t17-/m0/s1. The molecule has 1 aliphatic rings. The quantitative estimate of drug-likeness (QED) is 0.741. The van der Waals surface area contributed by atoms with Crippen molar-refractivity contribution in [3.05, 3.63) is 65.7 Å². The Morgan fingerprint density at radius 2 is 1.79 bits per heavy atom. The monoisotopic (exact) mass is 416 g/mol. The number of rotatable bonds is 7. The lowest BCUT2D eigenvalue weighted by molar-refractivity contribution is -0.133. The van der Waals surface area contributed by atoms with Crippen LogP contribution >= 0.6 is 0 Å². The van der Waals surface area contributed by atoms with Crippen LogP contribution in [0.3, 0.4) is 0 Å². The predicted molar refractivity (Wildman–Crippen MR) is 109 cm³/mol. The smallest absolute Gasteiger partial charge is 0.260 e. The second-order valence-corrected chi connectivity index (χ2v) is 9.24. The van der Waals surface area contributed by atoms with Gasteiger partial charge in [0.1, 0.15) is 5.75 Å². The van der Waals surface area contributed by atoms with Crippen LogP contribution in [0.1, 0.15) is 22.3 Å². The van der Waals surface area contributed by atoms with Crippen molar-refractivity contribution in [2.24, 2.45) is 0 Å². The lowest BCUT2D eigenvalue weighted by Gasteiger charge is -2.23. The molecule has 0 spiro atoms. The predicted octanol–water partition coefficient (Wildman–Crippen LogP) is 1.64. The first-order valence-corrected chi connectivity index (χ1v) is 11.2. The maximum Gasteiger partial charge on any atom is 0.260 e. The molecular formula is C21H24N2O5S. The van der Waals surface area contributed by atoms with E-state index in [9.17, 15) is 18.0 Å². The number of nitrogens with one attached hydrogen (secondary N) is 1. The first kappa shape index (κ1) is 20.9. The number of sulfone groups is 1. The van der Waals surface area contributed by atoms with Crippen molar-refractivity contribution in [2.75, 3.05) is 25.2 Å². The number of ether oxygens (including phenoxy) is 1. The second kappa shape index (κ2) is 9.09. The van der Waals surface area contributed by atoms with Crippen LogP contribution in [0.4, 0.5) is 0 Å². The average molecular weight is 416 g/mol. The summed E-state index contributed by atoms with van der Waals surface area (Å²) in [5.74, 6) is -0.244. The summed E-state index contributed by atoms with van der Waals surface area (Å²) in [7, 11) is -1.50. The first-order chi connectivity index (χ1) is 13.9. The van der Waals surface area contributed by atoms with Crippen LogP contribution in [-0.2, 0) is 21.2 Å². The van der Waals surface area contributed by atoms with Gasteiger partial charge in [0.2, 0.25) is 0 Å². The topological polar surface area (TPSA) is 92.8 Å². The Labute approximate surface area is 170 Å². The van der Waals surface area contributed by atoms with Crippen LogP contribution in [-0.4, -0.2) is 56.3 Å². The fraction of sp³-hybridized carbons (Fsp3) is 0.333. The van der Waals surface area contributed by atoms with Crippen molar-refractivity contribution in [3.8, 4) is 5.75 Å². The maximum atomic E-state index is 12.5. The minimum absolute atomic E-state index is 0.0201. The molecule has 7 nitrogen and oxygen atoms in total. The van der Waals surface area contributed by atoms with Crippen molar-refractivity contribution in [2.45, 2.75) is 19.0 Å². The molecule has 1 fully saturated rings. The van der Waals surface area contributed by atoms with Crippen LogP contribution in [0.5, 0.6) is 5.75 Å². The van der Waals surface area contributed by atoms with Gasteiger partial charge < -0.3 is 15.0 Å².